The van der Waals surface area contributed by atoms with Gasteiger partial charge < -0.3 is 15.0 Å². The van der Waals surface area contributed by atoms with Crippen LogP contribution in [0.25, 0.3) is 0 Å². The highest BCUT2D eigenvalue weighted by Gasteiger charge is 2.43. The van der Waals surface area contributed by atoms with Crippen molar-refractivity contribution < 1.29 is 14.3 Å². The third-order valence-electron chi connectivity index (χ3n) is 7.71. The number of nitrogens with zero attached hydrogens (tertiary/aromatic N) is 2. The molecular weight excluding hydrogens is 402 g/mol. The number of amides is 2. The Morgan fingerprint density at radius 1 is 1.16 bits per heavy atom. The summed E-state index contributed by atoms with van der Waals surface area (Å²) in [5.41, 5.74) is 0.766. The van der Waals surface area contributed by atoms with Crippen molar-refractivity contribution >= 4 is 11.8 Å². The summed E-state index contributed by atoms with van der Waals surface area (Å²) in [6.45, 7) is 2.74. The number of likely N-dealkylation sites (tertiary alicyclic amines) is 1. The first-order valence-corrected chi connectivity index (χ1v) is 12.5. The van der Waals surface area contributed by atoms with Crippen LogP contribution in [0.2, 0.25) is 0 Å². The maximum absolute atomic E-state index is 13.3. The number of nitrogens with one attached hydrogen (secondary N) is 1. The molecule has 4 rings (SSSR count). The van der Waals surface area contributed by atoms with E-state index >= 15 is 0 Å². The van der Waals surface area contributed by atoms with Gasteiger partial charge in [0.25, 0.3) is 0 Å². The van der Waals surface area contributed by atoms with Crippen molar-refractivity contribution in [1.29, 1.82) is 0 Å². The van der Waals surface area contributed by atoms with Gasteiger partial charge >= 0.3 is 0 Å². The van der Waals surface area contributed by atoms with Crippen LogP contribution >= 0.6 is 0 Å². The number of carbonyl (C=O) groups excluding carboxylic acids is 2. The average molecular weight is 442 g/mol. The van der Waals surface area contributed by atoms with E-state index in [1.165, 1.54) is 31.2 Å². The van der Waals surface area contributed by atoms with E-state index in [0.717, 1.165) is 50.8 Å². The third-order valence-corrected chi connectivity index (χ3v) is 7.71. The van der Waals surface area contributed by atoms with Crippen molar-refractivity contribution in [2.24, 2.45) is 5.41 Å². The Bertz CT molecular complexity index is 792. The molecule has 0 aromatic heterocycles. The van der Waals surface area contributed by atoms with Gasteiger partial charge in [-0.05, 0) is 63.6 Å². The number of para-hydroxylation sites is 1. The fraction of sp³-hybridized carbons (Fsp3) is 0.692. The van der Waals surface area contributed by atoms with Gasteiger partial charge in [0, 0.05) is 19.1 Å². The molecule has 2 fully saturated rings. The van der Waals surface area contributed by atoms with Crippen molar-refractivity contribution in [3.63, 3.8) is 0 Å². The molecule has 3 aliphatic rings. The predicted octanol–water partition coefficient (Wildman–Crippen LogP) is 3.39. The van der Waals surface area contributed by atoms with Crippen molar-refractivity contribution in [1.82, 2.24) is 15.1 Å². The fourth-order valence-electron chi connectivity index (χ4n) is 5.78. The SMILES string of the molecule is CN(CC(=O)N1CCCC2(CCCCc3ccccc3OCCNC2=O)C1)C1CCCC1. The van der Waals surface area contributed by atoms with Gasteiger partial charge in [-0.1, -0.05) is 37.5 Å². The summed E-state index contributed by atoms with van der Waals surface area (Å²) in [5, 5.41) is 3.12. The summed E-state index contributed by atoms with van der Waals surface area (Å²) < 4.78 is 5.95. The number of hydrogen-bond acceptors (Lipinski definition) is 4. The summed E-state index contributed by atoms with van der Waals surface area (Å²) in [4.78, 5) is 30.7. The number of aryl methyl sites for hydroxylation is 1. The standard InChI is InChI=1S/C26H39N3O3/c1-28(22-11-3-4-12-22)19-24(30)29-17-8-15-26(20-29)14-7-6-10-21-9-2-5-13-23(21)32-18-16-27-25(26)31/h2,5,9,13,22H,3-4,6-8,10-12,14-20H2,1H3,(H,27,31). The molecule has 1 unspecified atom stereocenters. The second-order valence-corrected chi connectivity index (χ2v) is 9.97. The largest absolute Gasteiger partial charge is 0.491 e. The molecule has 176 valence electrons. The molecule has 1 N–H and O–H groups in total. The molecule has 0 bridgehead atoms. The van der Waals surface area contributed by atoms with Crippen LogP contribution in [0, 0.1) is 5.41 Å². The Morgan fingerprint density at radius 2 is 1.94 bits per heavy atom. The predicted molar refractivity (Wildman–Crippen MR) is 126 cm³/mol. The molecular formula is C26H39N3O3. The topological polar surface area (TPSA) is 61.9 Å². The minimum absolute atomic E-state index is 0.0941. The summed E-state index contributed by atoms with van der Waals surface area (Å²) in [6, 6.07) is 8.74. The number of hydrogen-bond donors (Lipinski definition) is 1. The first-order valence-electron chi connectivity index (χ1n) is 12.5. The van der Waals surface area contributed by atoms with E-state index in [1.54, 1.807) is 0 Å². The quantitative estimate of drug-likeness (QED) is 0.781. The number of piperidine rings is 1. The Labute approximate surface area is 192 Å². The lowest BCUT2D eigenvalue weighted by Crippen LogP contribution is -2.55. The lowest BCUT2D eigenvalue weighted by Gasteiger charge is -2.42. The zero-order valence-corrected chi connectivity index (χ0v) is 19.6. The first-order chi connectivity index (χ1) is 15.6. The maximum Gasteiger partial charge on any atom is 0.236 e. The molecule has 1 aliphatic carbocycles. The van der Waals surface area contributed by atoms with Crippen molar-refractivity contribution in [2.45, 2.75) is 70.3 Å². The monoisotopic (exact) mass is 441 g/mol. The van der Waals surface area contributed by atoms with Gasteiger partial charge in [-0.15, -0.1) is 0 Å². The highest BCUT2D eigenvalue weighted by Crippen LogP contribution is 2.36. The maximum atomic E-state index is 13.3. The van der Waals surface area contributed by atoms with Gasteiger partial charge in [-0.3, -0.25) is 14.5 Å². The number of benzene rings is 1. The first kappa shape index (κ1) is 23.1. The van der Waals surface area contributed by atoms with Crippen LogP contribution in [0.3, 0.4) is 0 Å². The second-order valence-electron chi connectivity index (χ2n) is 9.97. The third kappa shape index (κ3) is 5.45. The lowest BCUT2D eigenvalue weighted by atomic mass is 9.74. The Hall–Kier alpha value is -2.08. The summed E-state index contributed by atoms with van der Waals surface area (Å²) >= 11 is 0. The molecule has 6 heteroatoms. The summed E-state index contributed by atoms with van der Waals surface area (Å²) in [6.07, 6.45) is 10.5. The van der Waals surface area contributed by atoms with Crippen LogP contribution in [0.1, 0.15) is 63.4 Å². The van der Waals surface area contributed by atoms with Crippen LogP contribution in [0.15, 0.2) is 24.3 Å². The van der Waals surface area contributed by atoms with Crippen LogP contribution in [0.4, 0.5) is 0 Å². The number of ether oxygens (including phenoxy) is 1. The van der Waals surface area contributed by atoms with Crippen LogP contribution in [0.5, 0.6) is 5.75 Å². The molecule has 0 radical (unpaired) electrons. The van der Waals surface area contributed by atoms with E-state index in [4.69, 9.17) is 4.74 Å². The molecule has 2 amide bonds. The lowest BCUT2D eigenvalue weighted by molar-refractivity contribution is -0.143. The zero-order chi connectivity index (χ0) is 22.4. The number of carbonyl (C=O) groups is 2. The van der Waals surface area contributed by atoms with E-state index in [9.17, 15) is 9.59 Å². The second kappa shape index (κ2) is 10.7. The van der Waals surface area contributed by atoms with Gasteiger partial charge in [0.2, 0.25) is 11.8 Å². The van der Waals surface area contributed by atoms with Crippen LogP contribution < -0.4 is 10.1 Å². The summed E-state index contributed by atoms with van der Waals surface area (Å²) in [7, 11) is 2.08. The van der Waals surface area contributed by atoms with E-state index < -0.39 is 5.41 Å². The highest BCUT2D eigenvalue weighted by atomic mass is 16.5. The molecule has 6 nitrogen and oxygen atoms in total. The number of likely N-dealkylation sites (N-methyl/N-ethyl adjacent to an activating group) is 1. The van der Waals surface area contributed by atoms with Gasteiger partial charge in [0.1, 0.15) is 12.4 Å². The molecule has 1 atom stereocenters. The van der Waals surface area contributed by atoms with E-state index in [0.29, 0.717) is 32.3 Å². The van der Waals surface area contributed by atoms with Crippen molar-refractivity contribution in [3.05, 3.63) is 29.8 Å². The van der Waals surface area contributed by atoms with E-state index in [1.807, 2.05) is 17.0 Å². The Balaban J connectivity index is 1.41. The molecule has 1 saturated carbocycles. The molecule has 1 spiro atoms. The highest BCUT2D eigenvalue weighted by molar-refractivity contribution is 5.85. The number of fused-ring (bicyclic) bond motifs is 1. The minimum atomic E-state index is -0.474. The number of rotatable bonds is 3. The van der Waals surface area contributed by atoms with E-state index in [2.05, 4.69) is 29.4 Å². The van der Waals surface area contributed by atoms with Gasteiger partial charge in [0.15, 0.2) is 0 Å². The van der Waals surface area contributed by atoms with Gasteiger partial charge in [-0.25, -0.2) is 0 Å². The zero-order valence-electron chi connectivity index (χ0n) is 19.6. The van der Waals surface area contributed by atoms with Crippen molar-refractivity contribution in [3.8, 4) is 5.75 Å². The Kier molecular flexibility index (Phi) is 7.71. The van der Waals surface area contributed by atoms with Crippen molar-refractivity contribution in [2.75, 3.05) is 39.8 Å². The Morgan fingerprint density at radius 3 is 2.78 bits per heavy atom. The van der Waals surface area contributed by atoms with E-state index in [-0.39, 0.29) is 11.8 Å². The van der Waals surface area contributed by atoms with Gasteiger partial charge in [-0.2, -0.15) is 0 Å². The molecule has 32 heavy (non-hydrogen) atoms. The van der Waals surface area contributed by atoms with Crippen LogP contribution in [-0.4, -0.2) is 67.5 Å². The smallest absolute Gasteiger partial charge is 0.236 e. The van der Waals surface area contributed by atoms with Crippen LogP contribution in [-0.2, 0) is 16.0 Å². The average Bonchev–Trinajstić information content (AvgIpc) is 3.35. The fourth-order valence-corrected chi connectivity index (χ4v) is 5.78. The molecule has 1 aromatic carbocycles. The normalized spacial score (nSPS) is 25.6. The van der Waals surface area contributed by atoms with Gasteiger partial charge in [0.05, 0.1) is 18.5 Å². The minimum Gasteiger partial charge on any atom is -0.491 e. The molecule has 2 heterocycles. The molecule has 1 saturated heterocycles. The summed E-state index contributed by atoms with van der Waals surface area (Å²) in [5.74, 6) is 1.20. The molecule has 2 aliphatic heterocycles. The molecule has 1 aromatic rings.